The lowest BCUT2D eigenvalue weighted by molar-refractivity contribution is -0.276. The number of halogens is 4. The van der Waals surface area contributed by atoms with Gasteiger partial charge in [0.05, 0.1) is 12.1 Å². The first-order valence-corrected chi connectivity index (χ1v) is 4.55. The van der Waals surface area contributed by atoms with Gasteiger partial charge in [0.1, 0.15) is 11.3 Å². The molecule has 0 spiro atoms. The lowest BCUT2D eigenvalue weighted by Gasteiger charge is -2.12. The first-order chi connectivity index (χ1) is 7.76. The Labute approximate surface area is 97.4 Å². The smallest absolute Gasteiger partial charge is 0.506 e. The fraction of sp³-hybridized carbons (Fsp3) is 0.250. The first-order valence-electron chi connectivity index (χ1n) is 4.02. The standard InChI is InChI=1S/C8H5ClF3NO4/c9-1-3-4(14)2-13-6(5(3)7(15)16)17-8(10,11)12/h2,14H,1H2,(H,15,16). The monoisotopic (exact) mass is 271 g/mol. The van der Waals surface area contributed by atoms with E-state index >= 15 is 0 Å². The van der Waals surface area contributed by atoms with E-state index in [2.05, 4.69) is 9.72 Å². The van der Waals surface area contributed by atoms with Gasteiger partial charge < -0.3 is 14.9 Å². The zero-order valence-electron chi connectivity index (χ0n) is 7.95. The SMILES string of the molecule is O=C(O)c1c(OC(F)(F)F)ncc(O)c1CCl. The summed E-state index contributed by atoms with van der Waals surface area (Å²) in [6, 6.07) is 0. The van der Waals surface area contributed by atoms with Crippen LogP contribution < -0.4 is 4.74 Å². The van der Waals surface area contributed by atoms with Crippen LogP contribution in [-0.2, 0) is 5.88 Å². The van der Waals surface area contributed by atoms with Crippen molar-refractivity contribution in [1.82, 2.24) is 4.98 Å². The van der Waals surface area contributed by atoms with Crippen LogP contribution in [-0.4, -0.2) is 27.5 Å². The molecule has 0 saturated carbocycles. The van der Waals surface area contributed by atoms with E-state index in [1.165, 1.54) is 0 Å². The Morgan fingerprint density at radius 2 is 2.12 bits per heavy atom. The molecule has 0 aromatic carbocycles. The molecule has 0 unspecified atom stereocenters. The Bertz CT molecular complexity index is 449. The zero-order valence-corrected chi connectivity index (χ0v) is 8.71. The summed E-state index contributed by atoms with van der Waals surface area (Å²) in [7, 11) is 0. The van der Waals surface area contributed by atoms with Crippen molar-refractivity contribution in [2.45, 2.75) is 12.2 Å². The van der Waals surface area contributed by atoms with E-state index in [0.29, 0.717) is 6.20 Å². The summed E-state index contributed by atoms with van der Waals surface area (Å²) in [5.74, 6) is -4.02. The van der Waals surface area contributed by atoms with Crippen LogP contribution in [0.3, 0.4) is 0 Å². The molecule has 1 heterocycles. The summed E-state index contributed by atoms with van der Waals surface area (Å²) >= 11 is 5.34. The highest BCUT2D eigenvalue weighted by Crippen LogP contribution is 2.31. The van der Waals surface area contributed by atoms with E-state index in [1.54, 1.807) is 0 Å². The quantitative estimate of drug-likeness (QED) is 0.823. The molecule has 1 aromatic heterocycles. The number of hydrogen-bond donors (Lipinski definition) is 2. The number of pyridine rings is 1. The third-order valence-electron chi connectivity index (χ3n) is 1.69. The average Bonchev–Trinajstić information content (AvgIpc) is 2.17. The molecule has 0 saturated heterocycles. The zero-order chi connectivity index (χ0) is 13.2. The van der Waals surface area contributed by atoms with Crippen molar-refractivity contribution in [3.63, 3.8) is 0 Å². The molecule has 0 amide bonds. The van der Waals surface area contributed by atoms with Crippen LogP contribution in [0.25, 0.3) is 0 Å². The summed E-state index contributed by atoms with van der Waals surface area (Å²) < 4.78 is 39.3. The average molecular weight is 272 g/mol. The van der Waals surface area contributed by atoms with Crippen LogP contribution in [0.2, 0.25) is 0 Å². The first kappa shape index (κ1) is 13.4. The fourth-order valence-corrected chi connectivity index (χ4v) is 1.33. The van der Waals surface area contributed by atoms with Crippen molar-refractivity contribution in [2.24, 2.45) is 0 Å². The number of carbonyl (C=O) groups is 1. The number of nitrogens with zero attached hydrogens (tertiary/aromatic N) is 1. The topological polar surface area (TPSA) is 79.7 Å². The lowest BCUT2D eigenvalue weighted by Crippen LogP contribution is -2.20. The summed E-state index contributed by atoms with van der Waals surface area (Å²) in [5, 5.41) is 18.0. The summed E-state index contributed by atoms with van der Waals surface area (Å²) in [6.07, 6.45) is -4.46. The number of aromatic hydroxyl groups is 1. The molecule has 0 radical (unpaired) electrons. The molecule has 2 N–H and O–H groups in total. The summed E-state index contributed by atoms with van der Waals surface area (Å²) in [5.41, 5.74) is -1.31. The third-order valence-corrected chi connectivity index (χ3v) is 1.96. The van der Waals surface area contributed by atoms with Gasteiger partial charge in [0, 0.05) is 5.56 Å². The largest absolute Gasteiger partial charge is 0.574 e. The van der Waals surface area contributed by atoms with E-state index in [-0.39, 0.29) is 0 Å². The molecular formula is C8H5ClF3NO4. The van der Waals surface area contributed by atoms with Crippen LogP contribution in [0, 0.1) is 0 Å². The number of rotatable bonds is 3. The van der Waals surface area contributed by atoms with Crippen LogP contribution in [0.4, 0.5) is 13.2 Å². The minimum absolute atomic E-state index is 0.395. The lowest BCUT2D eigenvalue weighted by atomic mass is 10.1. The van der Waals surface area contributed by atoms with Crippen LogP contribution in [0.1, 0.15) is 15.9 Å². The van der Waals surface area contributed by atoms with E-state index in [9.17, 15) is 23.1 Å². The second-order valence-corrected chi connectivity index (χ2v) is 3.06. The minimum Gasteiger partial charge on any atom is -0.506 e. The molecule has 17 heavy (non-hydrogen) atoms. The fourth-order valence-electron chi connectivity index (χ4n) is 1.06. The Morgan fingerprint density at radius 1 is 1.53 bits per heavy atom. The number of ether oxygens (including phenoxy) is 1. The number of carboxylic acids is 1. The van der Waals surface area contributed by atoms with Gasteiger partial charge in [0.2, 0.25) is 5.88 Å². The number of hydrogen-bond acceptors (Lipinski definition) is 4. The van der Waals surface area contributed by atoms with E-state index in [1.807, 2.05) is 0 Å². The van der Waals surface area contributed by atoms with Gasteiger partial charge in [0.25, 0.3) is 0 Å². The second-order valence-electron chi connectivity index (χ2n) is 2.79. The van der Waals surface area contributed by atoms with Gasteiger partial charge in [-0.05, 0) is 0 Å². The molecule has 0 fully saturated rings. The Balaban J connectivity index is 3.36. The molecule has 1 aromatic rings. The maximum absolute atomic E-state index is 12.0. The van der Waals surface area contributed by atoms with Gasteiger partial charge in [0.15, 0.2) is 0 Å². The maximum atomic E-state index is 12.0. The van der Waals surface area contributed by atoms with Crippen molar-refractivity contribution in [3.05, 3.63) is 17.3 Å². The van der Waals surface area contributed by atoms with Gasteiger partial charge in [-0.25, -0.2) is 9.78 Å². The summed E-state index contributed by atoms with van der Waals surface area (Å²) in [4.78, 5) is 13.8. The minimum atomic E-state index is -5.09. The Morgan fingerprint density at radius 3 is 2.53 bits per heavy atom. The maximum Gasteiger partial charge on any atom is 0.574 e. The number of aromatic nitrogens is 1. The molecule has 0 bridgehead atoms. The normalized spacial score (nSPS) is 11.3. The highest BCUT2D eigenvalue weighted by Gasteiger charge is 2.35. The molecule has 0 aliphatic rings. The van der Waals surface area contributed by atoms with Crippen LogP contribution >= 0.6 is 11.6 Å². The van der Waals surface area contributed by atoms with Crippen LogP contribution in [0.15, 0.2) is 6.20 Å². The van der Waals surface area contributed by atoms with E-state index in [0.717, 1.165) is 0 Å². The van der Waals surface area contributed by atoms with Gasteiger partial charge in [-0.1, -0.05) is 0 Å². The second kappa shape index (κ2) is 4.66. The van der Waals surface area contributed by atoms with Crippen LogP contribution in [0.5, 0.6) is 11.6 Å². The Kier molecular flexibility index (Phi) is 3.66. The summed E-state index contributed by atoms with van der Waals surface area (Å²) in [6.45, 7) is 0. The van der Waals surface area contributed by atoms with E-state index in [4.69, 9.17) is 16.7 Å². The molecule has 94 valence electrons. The number of alkyl halides is 4. The molecule has 1 rings (SSSR count). The van der Waals surface area contributed by atoms with Gasteiger partial charge in [-0.3, -0.25) is 0 Å². The Hall–Kier alpha value is -1.70. The highest BCUT2D eigenvalue weighted by molar-refractivity contribution is 6.18. The number of aromatic carboxylic acids is 1. The predicted octanol–water partition coefficient (Wildman–Crippen LogP) is 2.12. The number of carboxylic acid groups (broad SMARTS) is 1. The highest BCUT2D eigenvalue weighted by atomic mass is 35.5. The van der Waals surface area contributed by atoms with Crippen molar-refractivity contribution in [2.75, 3.05) is 0 Å². The molecule has 0 aliphatic carbocycles. The molecular weight excluding hydrogens is 267 g/mol. The van der Waals surface area contributed by atoms with Crippen molar-refractivity contribution < 1.29 is 32.9 Å². The van der Waals surface area contributed by atoms with Crippen molar-refractivity contribution in [1.29, 1.82) is 0 Å². The van der Waals surface area contributed by atoms with Gasteiger partial charge in [-0.2, -0.15) is 0 Å². The molecule has 0 atom stereocenters. The predicted molar refractivity (Wildman–Crippen MR) is 49.1 cm³/mol. The molecule has 9 heteroatoms. The van der Waals surface area contributed by atoms with Gasteiger partial charge in [-0.15, -0.1) is 24.8 Å². The van der Waals surface area contributed by atoms with Crippen molar-refractivity contribution in [3.8, 4) is 11.6 Å². The van der Waals surface area contributed by atoms with Gasteiger partial charge >= 0.3 is 12.3 Å². The molecule has 5 nitrogen and oxygen atoms in total. The van der Waals surface area contributed by atoms with E-state index < -0.39 is 41.0 Å². The third kappa shape index (κ3) is 3.13. The molecule has 0 aliphatic heterocycles. The van der Waals surface area contributed by atoms with Crippen molar-refractivity contribution >= 4 is 17.6 Å².